The third-order valence-electron chi connectivity index (χ3n) is 3.76. The second-order valence-corrected chi connectivity index (χ2v) is 7.50. The smallest absolute Gasteiger partial charge is 0.0391 e. The van der Waals surface area contributed by atoms with Crippen molar-refractivity contribution in [3.8, 4) is 0 Å². The van der Waals surface area contributed by atoms with Crippen LogP contribution in [0.4, 0.5) is 0 Å². The van der Waals surface area contributed by atoms with Gasteiger partial charge in [0, 0.05) is 23.7 Å². The minimum Gasteiger partial charge on any atom is -0.135 e. The maximum absolute atomic E-state index is 2.43. The summed E-state index contributed by atoms with van der Waals surface area (Å²) in [5.74, 6) is 0. The molecule has 1 heterocycles. The predicted octanol–water partition coefficient (Wildman–Crippen LogP) is 6.25. The molecule has 0 bridgehead atoms. The Morgan fingerprint density at radius 1 is 0.810 bits per heavy atom. The third-order valence-corrected chi connectivity index (χ3v) is 5.64. The van der Waals surface area contributed by atoms with Crippen molar-refractivity contribution in [2.75, 3.05) is 0 Å². The lowest BCUT2D eigenvalue weighted by Gasteiger charge is -2.05. The standard InChI is InChI=1S/C19H13IS/c20-15-11-14(10-13-6-2-1-3-7-13)19-17(12-15)16-8-4-5-9-18(16)21-19/h1-9,11-12H,10H2. The summed E-state index contributed by atoms with van der Waals surface area (Å²) in [7, 11) is 0. The third kappa shape index (κ3) is 2.47. The summed E-state index contributed by atoms with van der Waals surface area (Å²) in [4.78, 5) is 0. The van der Waals surface area contributed by atoms with Crippen molar-refractivity contribution in [1.82, 2.24) is 0 Å². The fourth-order valence-corrected chi connectivity index (χ4v) is 4.69. The molecule has 1 aromatic heterocycles. The summed E-state index contributed by atoms with van der Waals surface area (Å²) in [5.41, 5.74) is 2.81. The van der Waals surface area contributed by atoms with E-state index < -0.39 is 0 Å². The van der Waals surface area contributed by atoms with Gasteiger partial charge in [0.15, 0.2) is 0 Å². The van der Waals surface area contributed by atoms with Gasteiger partial charge in [-0.1, -0.05) is 48.5 Å². The highest BCUT2D eigenvalue weighted by molar-refractivity contribution is 14.1. The Labute approximate surface area is 141 Å². The van der Waals surface area contributed by atoms with E-state index in [-0.39, 0.29) is 0 Å². The first-order valence-electron chi connectivity index (χ1n) is 6.95. The van der Waals surface area contributed by atoms with Gasteiger partial charge >= 0.3 is 0 Å². The van der Waals surface area contributed by atoms with Gasteiger partial charge in [0.1, 0.15) is 0 Å². The summed E-state index contributed by atoms with van der Waals surface area (Å²) in [6.07, 6.45) is 1.00. The Morgan fingerprint density at radius 3 is 2.43 bits per heavy atom. The van der Waals surface area contributed by atoms with Crippen LogP contribution >= 0.6 is 33.9 Å². The molecule has 0 aliphatic heterocycles. The average Bonchev–Trinajstić information content (AvgIpc) is 2.87. The molecule has 2 heteroatoms. The number of benzene rings is 3. The highest BCUT2D eigenvalue weighted by atomic mass is 127. The molecule has 0 radical (unpaired) electrons. The van der Waals surface area contributed by atoms with Gasteiger partial charge in [-0.15, -0.1) is 11.3 Å². The van der Waals surface area contributed by atoms with E-state index in [9.17, 15) is 0 Å². The topological polar surface area (TPSA) is 0 Å². The fourth-order valence-electron chi connectivity index (χ4n) is 2.81. The van der Waals surface area contributed by atoms with Crippen molar-refractivity contribution in [2.45, 2.75) is 6.42 Å². The second kappa shape index (κ2) is 5.43. The van der Waals surface area contributed by atoms with E-state index in [2.05, 4.69) is 89.3 Å². The van der Waals surface area contributed by atoms with Crippen LogP contribution in [-0.2, 0) is 6.42 Å². The van der Waals surface area contributed by atoms with Crippen LogP contribution in [0.2, 0.25) is 0 Å². The first-order chi connectivity index (χ1) is 10.3. The van der Waals surface area contributed by atoms with Crippen LogP contribution in [0, 0.1) is 3.57 Å². The van der Waals surface area contributed by atoms with E-state index in [4.69, 9.17) is 0 Å². The molecule has 0 nitrogen and oxygen atoms in total. The number of halogens is 1. The van der Waals surface area contributed by atoms with Gasteiger partial charge < -0.3 is 0 Å². The Kier molecular flexibility index (Phi) is 3.43. The van der Waals surface area contributed by atoms with Crippen LogP contribution in [0.15, 0.2) is 66.7 Å². The second-order valence-electron chi connectivity index (χ2n) is 5.20. The molecule has 102 valence electrons. The number of fused-ring (bicyclic) bond motifs is 3. The molecule has 21 heavy (non-hydrogen) atoms. The molecule has 4 rings (SSSR count). The number of thiophene rings is 1. The van der Waals surface area contributed by atoms with Crippen molar-refractivity contribution < 1.29 is 0 Å². The minimum absolute atomic E-state index is 1.00. The summed E-state index contributed by atoms with van der Waals surface area (Å²) in [6.45, 7) is 0. The van der Waals surface area contributed by atoms with Gasteiger partial charge in [0.25, 0.3) is 0 Å². The van der Waals surface area contributed by atoms with Crippen LogP contribution in [0.25, 0.3) is 20.2 Å². The van der Waals surface area contributed by atoms with Gasteiger partial charge in [0.2, 0.25) is 0 Å². The van der Waals surface area contributed by atoms with Crippen LogP contribution in [-0.4, -0.2) is 0 Å². The Bertz CT molecular complexity index is 922. The number of hydrogen-bond acceptors (Lipinski definition) is 1. The van der Waals surface area contributed by atoms with E-state index in [1.165, 1.54) is 34.9 Å². The minimum atomic E-state index is 1.00. The molecule has 0 amide bonds. The first-order valence-corrected chi connectivity index (χ1v) is 8.84. The van der Waals surface area contributed by atoms with Crippen LogP contribution in [0.5, 0.6) is 0 Å². The van der Waals surface area contributed by atoms with Crippen LogP contribution in [0.3, 0.4) is 0 Å². The van der Waals surface area contributed by atoms with E-state index in [1.807, 2.05) is 11.3 Å². The van der Waals surface area contributed by atoms with E-state index in [0.29, 0.717) is 0 Å². The van der Waals surface area contributed by atoms with Crippen molar-refractivity contribution >= 4 is 54.1 Å². The zero-order valence-corrected chi connectivity index (χ0v) is 14.3. The number of hydrogen-bond donors (Lipinski definition) is 0. The highest BCUT2D eigenvalue weighted by Crippen LogP contribution is 2.37. The van der Waals surface area contributed by atoms with E-state index in [1.54, 1.807) is 0 Å². The van der Waals surface area contributed by atoms with Gasteiger partial charge in [0.05, 0.1) is 0 Å². The lowest BCUT2D eigenvalue weighted by molar-refractivity contribution is 1.22. The fraction of sp³-hybridized carbons (Fsp3) is 0.0526. The molecule has 3 aromatic carbocycles. The Morgan fingerprint density at radius 2 is 1.57 bits per heavy atom. The zero-order chi connectivity index (χ0) is 14.2. The van der Waals surface area contributed by atoms with E-state index in [0.717, 1.165) is 6.42 Å². The molecule has 0 spiro atoms. The van der Waals surface area contributed by atoms with Crippen molar-refractivity contribution in [3.05, 3.63) is 81.4 Å². The summed E-state index contributed by atoms with van der Waals surface area (Å²) >= 11 is 4.34. The first kappa shape index (κ1) is 13.3. The molecule has 0 N–H and O–H groups in total. The van der Waals surface area contributed by atoms with Gasteiger partial charge in [-0.05, 0) is 58.3 Å². The molecule has 0 atom stereocenters. The molecule has 0 saturated heterocycles. The maximum atomic E-state index is 2.43. The van der Waals surface area contributed by atoms with Crippen LogP contribution in [0.1, 0.15) is 11.1 Å². The molecule has 0 aliphatic rings. The molecular weight excluding hydrogens is 387 g/mol. The van der Waals surface area contributed by atoms with Crippen molar-refractivity contribution in [1.29, 1.82) is 0 Å². The van der Waals surface area contributed by atoms with Crippen molar-refractivity contribution in [3.63, 3.8) is 0 Å². The lowest BCUT2D eigenvalue weighted by atomic mass is 10.0. The lowest BCUT2D eigenvalue weighted by Crippen LogP contribution is -1.89. The number of rotatable bonds is 2. The molecule has 0 fully saturated rings. The molecular formula is C19H13IS. The molecule has 0 aliphatic carbocycles. The van der Waals surface area contributed by atoms with E-state index >= 15 is 0 Å². The summed E-state index contributed by atoms with van der Waals surface area (Å²) in [6, 6.07) is 24.1. The summed E-state index contributed by atoms with van der Waals surface area (Å²) < 4.78 is 4.12. The predicted molar refractivity (Wildman–Crippen MR) is 101 cm³/mol. The van der Waals surface area contributed by atoms with Gasteiger partial charge in [-0.3, -0.25) is 0 Å². The van der Waals surface area contributed by atoms with Crippen LogP contribution < -0.4 is 0 Å². The highest BCUT2D eigenvalue weighted by Gasteiger charge is 2.10. The monoisotopic (exact) mass is 400 g/mol. The van der Waals surface area contributed by atoms with Gasteiger partial charge in [-0.2, -0.15) is 0 Å². The van der Waals surface area contributed by atoms with Crippen molar-refractivity contribution in [2.24, 2.45) is 0 Å². The quantitative estimate of drug-likeness (QED) is 0.349. The van der Waals surface area contributed by atoms with Gasteiger partial charge in [-0.25, -0.2) is 0 Å². The summed E-state index contributed by atoms with van der Waals surface area (Å²) in [5, 5.41) is 2.78. The molecule has 0 unspecified atom stereocenters. The maximum Gasteiger partial charge on any atom is 0.0391 e. The Balaban J connectivity index is 1.96. The zero-order valence-electron chi connectivity index (χ0n) is 11.3. The molecule has 0 saturated carbocycles. The Hall–Kier alpha value is -1.39. The molecule has 4 aromatic rings. The largest absolute Gasteiger partial charge is 0.135 e. The average molecular weight is 400 g/mol. The normalized spacial score (nSPS) is 11.3. The SMILES string of the molecule is Ic1cc(Cc2ccccc2)c2sc3ccccc3c2c1.